The number of imide groups is 1. The third-order valence-corrected chi connectivity index (χ3v) is 6.51. The van der Waals surface area contributed by atoms with E-state index >= 15 is 0 Å². The van der Waals surface area contributed by atoms with E-state index in [2.05, 4.69) is 10.6 Å². The fourth-order valence-electron chi connectivity index (χ4n) is 3.78. The second kappa shape index (κ2) is 11.0. The fourth-order valence-corrected chi connectivity index (χ4v) is 4.46. The van der Waals surface area contributed by atoms with Crippen molar-refractivity contribution in [3.05, 3.63) is 11.6 Å². The van der Waals surface area contributed by atoms with E-state index in [1.807, 2.05) is 0 Å². The average molecular weight is 493 g/mol. The Hall–Kier alpha value is -2.00. The summed E-state index contributed by atoms with van der Waals surface area (Å²) in [5.41, 5.74) is 0.577. The molecule has 6 amide bonds. The fraction of sp³-hybridized carbons (Fsp3) is 0.611. The van der Waals surface area contributed by atoms with E-state index in [0.29, 0.717) is 25.0 Å². The summed E-state index contributed by atoms with van der Waals surface area (Å²) in [6.45, 7) is 1.67. The first-order chi connectivity index (χ1) is 15.0. The number of piperazine rings is 1. The van der Waals surface area contributed by atoms with Gasteiger partial charge in [0.2, 0.25) is 5.91 Å². The molecular weight excluding hydrogens is 469 g/mol. The van der Waals surface area contributed by atoms with Crippen molar-refractivity contribution in [2.45, 2.75) is 44.7 Å². The number of hydrogen-bond donors (Lipinski definition) is 2. The van der Waals surface area contributed by atoms with Gasteiger partial charge in [-0.05, 0) is 38.2 Å². The minimum atomic E-state index is -4.96. The quantitative estimate of drug-likeness (QED) is 0.122. The summed E-state index contributed by atoms with van der Waals surface area (Å²) < 4.78 is 33.0. The first-order valence-electron chi connectivity index (χ1n) is 10.2. The molecule has 13 nitrogen and oxygen atoms in total. The molecule has 1 aliphatic carbocycles. The minimum Gasteiger partial charge on any atom is -0.731 e. The van der Waals surface area contributed by atoms with E-state index < -0.39 is 58.6 Å². The van der Waals surface area contributed by atoms with Gasteiger partial charge in [0.1, 0.15) is 12.1 Å². The molecular formula is C18H24N5NaO8S. The Bertz CT molecular complexity index is 984. The second-order valence-corrected chi connectivity index (χ2v) is 8.93. The zero-order valence-corrected chi connectivity index (χ0v) is 21.2. The molecule has 3 aliphatic rings. The number of amides is 6. The molecule has 2 fully saturated rings. The Morgan fingerprint density at radius 3 is 2.42 bits per heavy atom. The van der Waals surface area contributed by atoms with Gasteiger partial charge >= 0.3 is 47.4 Å². The van der Waals surface area contributed by atoms with Gasteiger partial charge in [0.15, 0.2) is 10.3 Å². The molecule has 0 saturated carbocycles. The van der Waals surface area contributed by atoms with Crippen molar-refractivity contribution >= 4 is 40.0 Å². The van der Waals surface area contributed by atoms with Gasteiger partial charge in [-0.3, -0.25) is 24.1 Å². The van der Waals surface area contributed by atoms with Gasteiger partial charge < -0.3 is 20.1 Å². The van der Waals surface area contributed by atoms with Crippen LogP contribution in [0.15, 0.2) is 11.6 Å². The first kappa shape index (κ1) is 27.2. The molecule has 2 atom stereocenters. The standard InChI is InChI=1S/C18H25N5O8S.Na/c1-2-21-8-9-22(17(27)16(21)26)18(28)20-13(11-6-4-3-5-7-11)14(24)19-12-10-23(15(12)25)32(29,30)31;/h6,12-13H,2-5,7-10H2,1H3,(H,19,24)(H,20,28)(H,29,30,31);/q;+1/p-1. The Balaban J connectivity index is 0.00000385. The van der Waals surface area contributed by atoms with E-state index in [4.69, 9.17) is 0 Å². The van der Waals surface area contributed by atoms with Crippen molar-refractivity contribution in [3.8, 4) is 0 Å². The molecule has 0 aromatic heterocycles. The van der Waals surface area contributed by atoms with Crippen LogP contribution in [-0.4, -0.2) is 95.0 Å². The molecule has 2 aliphatic heterocycles. The van der Waals surface area contributed by atoms with Crippen molar-refractivity contribution in [2.75, 3.05) is 26.2 Å². The van der Waals surface area contributed by atoms with Gasteiger partial charge in [-0.15, -0.1) is 0 Å². The molecule has 0 bridgehead atoms. The van der Waals surface area contributed by atoms with Gasteiger partial charge in [0, 0.05) is 19.6 Å². The second-order valence-electron chi connectivity index (χ2n) is 7.64. The van der Waals surface area contributed by atoms with Crippen LogP contribution < -0.4 is 40.2 Å². The predicted molar refractivity (Wildman–Crippen MR) is 106 cm³/mol. The van der Waals surface area contributed by atoms with Crippen LogP contribution in [0.5, 0.6) is 0 Å². The summed E-state index contributed by atoms with van der Waals surface area (Å²) in [4.78, 5) is 63.9. The van der Waals surface area contributed by atoms with E-state index in [0.717, 1.165) is 17.7 Å². The Morgan fingerprint density at radius 2 is 1.88 bits per heavy atom. The van der Waals surface area contributed by atoms with Gasteiger partial charge in [0.05, 0.1) is 6.54 Å². The molecule has 0 radical (unpaired) electrons. The van der Waals surface area contributed by atoms with Crippen LogP contribution in [0.3, 0.4) is 0 Å². The minimum absolute atomic E-state index is 0. The summed E-state index contributed by atoms with van der Waals surface area (Å²) in [5, 5.41) is 4.80. The molecule has 2 N–H and O–H groups in total. The number of likely N-dealkylation sites (N-methyl/N-ethyl adjacent to an activating group) is 1. The summed E-state index contributed by atoms with van der Waals surface area (Å²) in [6, 6.07) is -3.36. The summed E-state index contributed by atoms with van der Waals surface area (Å²) in [5.74, 6) is -3.66. The molecule has 0 aromatic carbocycles. The van der Waals surface area contributed by atoms with Crippen LogP contribution in [0.1, 0.15) is 32.6 Å². The van der Waals surface area contributed by atoms with E-state index in [-0.39, 0.29) is 47.0 Å². The summed E-state index contributed by atoms with van der Waals surface area (Å²) >= 11 is 0. The van der Waals surface area contributed by atoms with Crippen molar-refractivity contribution in [1.82, 2.24) is 24.7 Å². The summed E-state index contributed by atoms with van der Waals surface area (Å²) in [6.07, 6.45) is 4.62. The maximum Gasteiger partial charge on any atom is 1.00 e. The largest absolute Gasteiger partial charge is 1.00 e. The molecule has 2 heterocycles. The number of carbonyl (C=O) groups excluding carboxylic acids is 5. The smallest absolute Gasteiger partial charge is 0.731 e. The number of allylic oxidation sites excluding steroid dienone is 1. The van der Waals surface area contributed by atoms with Crippen molar-refractivity contribution in [1.29, 1.82) is 0 Å². The number of nitrogens with one attached hydrogen (secondary N) is 2. The normalized spacial score (nSPS) is 22.1. The first-order valence-corrected chi connectivity index (χ1v) is 11.6. The number of hydrogen-bond acceptors (Lipinski definition) is 8. The molecule has 0 spiro atoms. The number of carbonyl (C=O) groups is 5. The van der Waals surface area contributed by atoms with E-state index in [1.165, 1.54) is 4.90 Å². The van der Waals surface area contributed by atoms with Crippen molar-refractivity contribution in [3.63, 3.8) is 0 Å². The van der Waals surface area contributed by atoms with Crippen LogP contribution in [0.2, 0.25) is 0 Å². The molecule has 0 aromatic rings. The van der Waals surface area contributed by atoms with Crippen molar-refractivity contribution < 1.29 is 66.5 Å². The van der Waals surface area contributed by atoms with Crippen LogP contribution in [0.25, 0.3) is 0 Å². The molecule has 15 heteroatoms. The van der Waals surface area contributed by atoms with Crippen LogP contribution in [0, 0.1) is 0 Å². The SMILES string of the molecule is CCN1CCN(C(=O)NC(C(=O)NC2CN(S(=O)(=O)[O-])C2=O)C2=CCCCC2)C(=O)C1=O.[Na+]. The van der Waals surface area contributed by atoms with Crippen molar-refractivity contribution in [2.24, 2.45) is 0 Å². The number of urea groups is 1. The van der Waals surface area contributed by atoms with Gasteiger partial charge in [-0.25, -0.2) is 17.5 Å². The van der Waals surface area contributed by atoms with Crippen LogP contribution >= 0.6 is 0 Å². The Kier molecular flexibility index (Phi) is 9.04. The monoisotopic (exact) mass is 493 g/mol. The third-order valence-electron chi connectivity index (χ3n) is 5.64. The molecule has 33 heavy (non-hydrogen) atoms. The van der Waals surface area contributed by atoms with Crippen LogP contribution in [-0.2, 0) is 29.5 Å². The third kappa shape index (κ3) is 5.93. The van der Waals surface area contributed by atoms with Gasteiger partial charge in [0.25, 0.3) is 5.91 Å². The molecule has 3 rings (SSSR count). The summed E-state index contributed by atoms with van der Waals surface area (Å²) in [7, 11) is -4.96. The number of nitrogens with zero attached hydrogens (tertiary/aromatic N) is 3. The Morgan fingerprint density at radius 1 is 1.18 bits per heavy atom. The van der Waals surface area contributed by atoms with Gasteiger partial charge in [-0.1, -0.05) is 6.08 Å². The van der Waals surface area contributed by atoms with E-state index in [9.17, 15) is 36.9 Å². The Labute approximate surface area is 213 Å². The molecule has 176 valence electrons. The average Bonchev–Trinajstić information content (AvgIpc) is 2.75. The molecule has 2 unspecified atom stereocenters. The number of rotatable bonds is 6. The van der Waals surface area contributed by atoms with E-state index in [1.54, 1.807) is 13.0 Å². The zero-order valence-electron chi connectivity index (χ0n) is 18.4. The maximum absolute atomic E-state index is 12.9. The zero-order chi connectivity index (χ0) is 23.6. The maximum atomic E-state index is 12.9. The van der Waals surface area contributed by atoms with Gasteiger partial charge in [-0.2, -0.15) is 0 Å². The topological polar surface area (TPSA) is 176 Å². The number of β-lactam (4-membered cyclic amide) rings is 1. The van der Waals surface area contributed by atoms with Crippen LogP contribution in [0.4, 0.5) is 4.79 Å². The predicted octanol–water partition coefficient (Wildman–Crippen LogP) is -4.95. The molecule has 2 saturated heterocycles.